The van der Waals surface area contributed by atoms with Crippen LogP contribution < -0.4 is 0 Å². The van der Waals surface area contributed by atoms with Gasteiger partial charge in [-0.05, 0) is 36.5 Å². The Morgan fingerprint density at radius 3 is 1.68 bits per heavy atom. The zero-order valence-electron chi connectivity index (χ0n) is 16.7. The van der Waals surface area contributed by atoms with E-state index in [1.54, 1.807) is 0 Å². The molecule has 0 nitrogen and oxygen atoms in total. The summed E-state index contributed by atoms with van der Waals surface area (Å²) in [7, 11) is 0. The third-order valence-electron chi connectivity index (χ3n) is 5.65. The topological polar surface area (TPSA) is 0 Å². The van der Waals surface area contributed by atoms with Crippen LogP contribution in [0, 0.1) is 23.7 Å². The summed E-state index contributed by atoms with van der Waals surface area (Å²) in [4.78, 5) is 0. The highest BCUT2D eigenvalue weighted by molar-refractivity contribution is 4.94. The molecule has 0 amide bonds. The van der Waals surface area contributed by atoms with Crippen molar-refractivity contribution in [3.63, 3.8) is 0 Å². The molecule has 0 heteroatoms. The van der Waals surface area contributed by atoms with Crippen LogP contribution in [0.5, 0.6) is 0 Å². The first-order valence-electron chi connectivity index (χ1n) is 10.4. The van der Waals surface area contributed by atoms with Crippen molar-refractivity contribution < 1.29 is 0 Å². The van der Waals surface area contributed by atoms with Gasteiger partial charge in [0, 0.05) is 0 Å². The van der Waals surface area contributed by atoms with Gasteiger partial charge in [0.05, 0.1) is 0 Å². The summed E-state index contributed by atoms with van der Waals surface area (Å²) in [6, 6.07) is 0. The summed E-state index contributed by atoms with van der Waals surface area (Å²) in [6.45, 7) is 14.3. The average molecular weight is 310 g/mol. The molecular weight excluding hydrogens is 264 g/mol. The fraction of sp³-hybridized carbons (Fsp3) is 0.955. The molecule has 0 bridgehead atoms. The first-order valence-corrected chi connectivity index (χ1v) is 10.4. The second-order valence-electron chi connectivity index (χ2n) is 7.60. The lowest BCUT2D eigenvalue weighted by atomic mass is 9.76. The molecule has 0 aromatic heterocycles. The molecular formula is C22H45. The maximum absolute atomic E-state index is 2.47. The van der Waals surface area contributed by atoms with E-state index in [1.807, 2.05) is 5.92 Å². The molecule has 22 heavy (non-hydrogen) atoms. The Balaban J connectivity index is 4.48. The molecule has 0 saturated carbocycles. The van der Waals surface area contributed by atoms with Crippen molar-refractivity contribution in [2.45, 2.75) is 119 Å². The number of hydrogen-bond donors (Lipinski definition) is 0. The molecule has 0 aromatic rings. The highest BCUT2D eigenvalue weighted by atomic mass is 14.3. The summed E-state index contributed by atoms with van der Waals surface area (Å²) in [5, 5.41) is 0. The van der Waals surface area contributed by atoms with Gasteiger partial charge in [0.25, 0.3) is 0 Å². The van der Waals surface area contributed by atoms with Crippen molar-refractivity contribution in [3.05, 3.63) is 5.92 Å². The van der Waals surface area contributed by atoms with Gasteiger partial charge in [-0.15, -0.1) is 0 Å². The van der Waals surface area contributed by atoms with Crippen LogP contribution in [0.15, 0.2) is 0 Å². The molecule has 0 aliphatic carbocycles. The average Bonchev–Trinajstić information content (AvgIpc) is 2.53. The Kier molecular flexibility index (Phi) is 14.6. The molecule has 0 aromatic carbocycles. The minimum Gasteiger partial charge on any atom is -0.0654 e. The number of unbranched alkanes of at least 4 members (excludes halogenated alkanes) is 2. The van der Waals surface area contributed by atoms with Gasteiger partial charge in [-0.2, -0.15) is 0 Å². The minimum absolute atomic E-state index is 0.891. The third-order valence-corrected chi connectivity index (χ3v) is 5.65. The highest BCUT2D eigenvalue weighted by Gasteiger charge is 2.23. The van der Waals surface area contributed by atoms with Crippen LogP contribution in [0.1, 0.15) is 119 Å². The van der Waals surface area contributed by atoms with Gasteiger partial charge < -0.3 is 0 Å². The van der Waals surface area contributed by atoms with Gasteiger partial charge in [0.1, 0.15) is 0 Å². The van der Waals surface area contributed by atoms with E-state index in [2.05, 4.69) is 41.5 Å². The molecule has 0 saturated heterocycles. The van der Waals surface area contributed by atoms with Gasteiger partial charge >= 0.3 is 0 Å². The van der Waals surface area contributed by atoms with E-state index in [0.29, 0.717) is 0 Å². The van der Waals surface area contributed by atoms with Crippen LogP contribution in [0.25, 0.3) is 0 Å². The van der Waals surface area contributed by atoms with Gasteiger partial charge in [-0.1, -0.05) is 106 Å². The Bertz CT molecular complexity index is 220. The van der Waals surface area contributed by atoms with Crippen LogP contribution in [0.2, 0.25) is 0 Å². The first kappa shape index (κ1) is 22.0. The smallest absolute Gasteiger partial charge is 0.0238 e. The summed E-state index contributed by atoms with van der Waals surface area (Å²) < 4.78 is 0. The summed E-state index contributed by atoms with van der Waals surface area (Å²) in [5.41, 5.74) is 0. The fourth-order valence-electron chi connectivity index (χ4n) is 3.86. The van der Waals surface area contributed by atoms with Crippen LogP contribution in [0.4, 0.5) is 0 Å². The van der Waals surface area contributed by atoms with E-state index in [9.17, 15) is 0 Å². The monoisotopic (exact) mass is 309 g/mol. The Morgan fingerprint density at radius 2 is 1.23 bits per heavy atom. The molecule has 0 heterocycles. The summed E-state index contributed by atoms with van der Waals surface area (Å²) in [6.07, 6.45) is 16.8. The largest absolute Gasteiger partial charge is 0.0654 e. The van der Waals surface area contributed by atoms with Gasteiger partial charge in [0.2, 0.25) is 0 Å². The predicted molar refractivity (Wildman–Crippen MR) is 103 cm³/mol. The van der Waals surface area contributed by atoms with Gasteiger partial charge in [0.15, 0.2) is 0 Å². The molecule has 3 atom stereocenters. The lowest BCUT2D eigenvalue weighted by Gasteiger charge is -2.30. The first-order chi connectivity index (χ1) is 10.6. The zero-order valence-corrected chi connectivity index (χ0v) is 16.7. The van der Waals surface area contributed by atoms with Gasteiger partial charge in [-0.25, -0.2) is 0 Å². The molecule has 1 radical (unpaired) electrons. The van der Waals surface area contributed by atoms with Gasteiger partial charge in [-0.3, -0.25) is 0 Å². The summed E-state index contributed by atoms with van der Waals surface area (Å²) in [5.74, 6) is 4.61. The lowest BCUT2D eigenvalue weighted by Crippen LogP contribution is -2.18. The van der Waals surface area contributed by atoms with E-state index >= 15 is 0 Å². The maximum Gasteiger partial charge on any atom is -0.0238 e. The normalized spacial score (nSPS) is 16.0. The van der Waals surface area contributed by atoms with E-state index < -0.39 is 0 Å². The molecule has 0 spiro atoms. The standard InChI is InChI=1S/C22H45/c1-7-12-15-20(10-4)17-19(6)22(14-9-3)18-21(11-5)16-13-8-2/h20-22H,7-18H2,1-6H3. The summed E-state index contributed by atoms with van der Waals surface area (Å²) >= 11 is 0. The lowest BCUT2D eigenvalue weighted by molar-refractivity contribution is 0.303. The second-order valence-corrected chi connectivity index (χ2v) is 7.60. The van der Waals surface area contributed by atoms with E-state index in [0.717, 1.165) is 17.8 Å². The van der Waals surface area contributed by atoms with E-state index in [4.69, 9.17) is 0 Å². The molecule has 133 valence electrons. The minimum atomic E-state index is 0.891. The molecule has 0 rings (SSSR count). The van der Waals surface area contributed by atoms with Crippen LogP contribution in [-0.4, -0.2) is 0 Å². The number of rotatable bonds is 15. The second kappa shape index (κ2) is 14.6. The molecule has 0 aliphatic heterocycles. The van der Waals surface area contributed by atoms with Crippen LogP contribution >= 0.6 is 0 Å². The van der Waals surface area contributed by atoms with Crippen molar-refractivity contribution in [1.29, 1.82) is 0 Å². The Morgan fingerprint density at radius 1 is 0.682 bits per heavy atom. The van der Waals surface area contributed by atoms with Crippen molar-refractivity contribution in [2.75, 3.05) is 0 Å². The molecule has 3 unspecified atom stereocenters. The SMILES string of the molecule is CCCCC(CC)C[C](C)C(CCC)CC(CC)CCCC. The molecule has 0 N–H and O–H groups in total. The fourth-order valence-corrected chi connectivity index (χ4v) is 3.86. The predicted octanol–water partition coefficient (Wildman–Crippen LogP) is 8.21. The quantitative estimate of drug-likeness (QED) is 0.286. The van der Waals surface area contributed by atoms with Crippen LogP contribution in [0.3, 0.4) is 0 Å². The van der Waals surface area contributed by atoms with Crippen LogP contribution in [-0.2, 0) is 0 Å². The van der Waals surface area contributed by atoms with E-state index in [-0.39, 0.29) is 0 Å². The van der Waals surface area contributed by atoms with Crippen molar-refractivity contribution in [1.82, 2.24) is 0 Å². The van der Waals surface area contributed by atoms with Crippen molar-refractivity contribution >= 4 is 0 Å². The zero-order chi connectivity index (χ0) is 16.8. The maximum atomic E-state index is 2.47. The van der Waals surface area contributed by atoms with E-state index in [1.165, 1.54) is 77.0 Å². The molecule has 0 fully saturated rings. The Labute approximate surface area is 142 Å². The highest BCUT2D eigenvalue weighted by Crippen LogP contribution is 2.35. The van der Waals surface area contributed by atoms with Crippen molar-refractivity contribution in [3.8, 4) is 0 Å². The number of hydrogen-bond acceptors (Lipinski definition) is 0. The Hall–Kier alpha value is 0. The van der Waals surface area contributed by atoms with Crippen molar-refractivity contribution in [2.24, 2.45) is 17.8 Å². The third kappa shape index (κ3) is 9.90. The molecule has 0 aliphatic rings.